The average Bonchev–Trinajstić information content (AvgIpc) is 2.69. The van der Waals surface area contributed by atoms with E-state index in [4.69, 9.17) is 0 Å². The van der Waals surface area contributed by atoms with Crippen LogP contribution in [0.15, 0.2) is 78.9 Å². The zero-order valence-corrected chi connectivity index (χ0v) is 17.5. The van der Waals surface area contributed by atoms with Crippen LogP contribution in [-0.2, 0) is 14.8 Å². The first kappa shape index (κ1) is 20.6. The summed E-state index contributed by atoms with van der Waals surface area (Å²) in [5, 5.41) is 2.90. The lowest BCUT2D eigenvalue weighted by molar-refractivity contribution is -0.116. The lowest BCUT2D eigenvalue weighted by Crippen LogP contribution is -2.45. The van der Waals surface area contributed by atoms with E-state index in [2.05, 4.69) is 5.32 Å². The van der Waals surface area contributed by atoms with Crippen molar-refractivity contribution in [3.05, 3.63) is 84.4 Å². The molecule has 0 unspecified atom stereocenters. The molecule has 3 rings (SSSR count). The number of carbonyl (C=O) groups excluding carboxylic acids is 1. The van der Waals surface area contributed by atoms with Gasteiger partial charge in [0.25, 0.3) is 0 Å². The summed E-state index contributed by atoms with van der Waals surface area (Å²) in [6, 6.07) is 23.3. The Labute approximate surface area is 172 Å². The highest BCUT2D eigenvalue weighted by Crippen LogP contribution is 2.28. The second-order valence-electron chi connectivity index (χ2n) is 6.97. The molecular formula is C23H24N2O3S. The van der Waals surface area contributed by atoms with E-state index in [1.807, 2.05) is 73.7 Å². The molecule has 1 N–H and O–H groups in total. The molecule has 0 aromatic heterocycles. The molecular weight excluding hydrogens is 384 g/mol. The van der Waals surface area contributed by atoms with E-state index in [-0.39, 0.29) is 0 Å². The lowest BCUT2D eigenvalue weighted by atomic mass is 10.0. The predicted molar refractivity (Wildman–Crippen MR) is 118 cm³/mol. The number of sulfonamides is 1. The van der Waals surface area contributed by atoms with Crippen molar-refractivity contribution in [2.45, 2.75) is 19.9 Å². The smallest absolute Gasteiger partial charge is 0.248 e. The highest BCUT2D eigenvalue weighted by Gasteiger charge is 2.29. The lowest BCUT2D eigenvalue weighted by Gasteiger charge is -2.28. The normalized spacial score (nSPS) is 12.2. The first-order chi connectivity index (χ1) is 13.8. The van der Waals surface area contributed by atoms with Crippen LogP contribution in [0.5, 0.6) is 0 Å². The second kappa shape index (κ2) is 8.49. The number of aryl methyl sites for hydroxylation is 1. The van der Waals surface area contributed by atoms with Crippen molar-refractivity contribution < 1.29 is 13.2 Å². The van der Waals surface area contributed by atoms with Gasteiger partial charge in [0.1, 0.15) is 6.04 Å². The third-order valence-electron chi connectivity index (χ3n) is 4.65. The Morgan fingerprint density at radius 3 is 2.10 bits per heavy atom. The molecule has 0 saturated heterocycles. The molecule has 0 radical (unpaired) electrons. The number of carbonyl (C=O) groups is 1. The fourth-order valence-electron chi connectivity index (χ4n) is 3.20. The molecule has 0 aliphatic heterocycles. The Morgan fingerprint density at radius 1 is 0.897 bits per heavy atom. The van der Waals surface area contributed by atoms with E-state index in [1.54, 1.807) is 19.1 Å². The number of nitrogens with one attached hydrogen (secondary N) is 1. The number of nitrogens with zero attached hydrogens (tertiary/aromatic N) is 1. The first-order valence-electron chi connectivity index (χ1n) is 9.29. The molecule has 0 fully saturated rings. The van der Waals surface area contributed by atoms with Gasteiger partial charge in [0.05, 0.1) is 11.9 Å². The van der Waals surface area contributed by atoms with Crippen molar-refractivity contribution >= 4 is 27.3 Å². The summed E-state index contributed by atoms with van der Waals surface area (Å²) in [5.41, 5.74) is 3.94. The number of benzene rings is 3. The maximum Gasteiger partial charge on any atom is 0.248 e. The minimum absolute atomic E-state index is 0.403. The maximum absolute atomic E-state index is 13.0. The van der Waals surface area contributed by atoms with Crippen LogP contribution >= 0.6 is 0 Å². The van der Waals surface area contributed by atoms with Gasteiger partial charge < -0.3 is 5.32 Å². The van der Waals surface area contributed by atoms with Crippen LogP contribution in [-0.4, -0.2) is 26.6 Å². The third kappa shape index (κ3) is 4.84. The summed E-state index contributed by atoms with van der Waals surface area (Å²) in [4.78, 5) is 13.0. The van der Waals surface area contributed by atoms with E-state index in [9.17, 15) is 13.2 Å². The van der Waals surface area contributed by atoms with Crippen LogP contribution in [0.4, 0.5) is 11.4 Å². The summed E-state index contributed by atoms with van der Waals surface area (Å²) >= 11 is 0. The van der Waals surface area contributed by atoms with Gasteiger partial charge in [0.15, 0.2) is 0 Å². The van der Waals surface area contributed by atoms with Crippen LogP contribution in [0.25, 0.3) is 11.1 Å². The summed E-state index contributed by atoms with van der Waals surface area (Å²) in [6.45, 7) is 3.51. The number of anilines is 2. The standard InChI is InChI=1S/C23H24N2O3S/c1-17-13-15-20(16-14-17)25(29(3,27)28)18(2)23(26)24-22-12-8-7-11-21(22)19-9-5-4-6-10-19/h4-16,18H,1-3H3,(H,24,26)/t18-/m0/s1. The third-order valence-corrected chi connectivity index (χ3v) is 5.89. The molecule has 29 heavy (non-hydrogen) atoms. The van der Waals surface area contributed by atoms with Crippen LogP contribution in [0.1, 0.15) is 12.5 Å². The van der Waals surface area contributed by atoms with Gasteiger partial charge in [0, 0.05) is 11.3 Å². The fourth-order valence-corrected chi connectivity index (χ4v) is 4.37. The zero-order valence-electron chi connectivity index (χ0n) is 16.7. The van der Waals surface area contributed by atoms with Crippen LogP contribution < -0.4 is 9.62 Å². The molecule has 0 saturated carbocycles. The van der Waals surface area contributed by atoms with E-state index < -0.39 is 22.0 Å². The van der Waals surface area contributed by atoms with Gasteiger partial charge in [-0.2, -0.15) is 0 Å². The highest BCUT2D eigenvalue weighted by atomic mass is 32.2. The van der Waals surface area contributed by atoms with Gasteiger partial charge in [-0.05, 0) is 37.6 Å². The van der Waals surface area contributed by atoms with Crippen molar-refractivity contribution in [3.63, 3.8) is 0 Å². The number of para-hydroxylation sites is 1. The quantitative estimate of drug-likeness (QED) is 0.655. The molecule has 5 nitrogen and oxygen atoms in total. The molecule has 3 aromatic rings. The van der Waals surface area contributed by atoms with Crippen molar-refractivity contribution in [1.82, 2.24) is 0 Å². The van der Waals surface area contributed by atoms with Gasteiger partial charge in [0.2, 0.25) is 15.9 Å². The number of hydrogen-bond donors (Lipinski definition) is 1. The van der Waals surface area contributed by atoms with E-state index in [1.165, 1.54) is 0 Å². The number of amides is 1. The zero-order chi connectivity index (χ0) is 21.0. The van der Waals surface area contributed by atoms with Gasteiger partial charge in [-0.1, -0.05) is 66.2 Å². The molecule has 1 atom stereocenters. The van der Waals surface area contributed by atoms with Gasteiger partial charge in [-0.3, -0.25) is 9.10 Å². The van der Waals surface area contributed by atoms with E-state index in [0.29, 0.717) is 11.4 Å². The Kier molecular flexibility index (Phi) is 6.03. The van der Waals surface area contributed by atoms with Crippen molar-refractivity contribution in [3.8, 4) is 11.1 Å². The molecule has 3 aromatic carbocycles. The van der Waals surface area contributed by atoms with Crippen LogP contribution in [0.3, 0.4) is 0 Å². The Balaban J connectivity index is 1.91. The summed E-state index contributed by atoms with van der Waals surface area (Å²) in [6.07, 6.45) is 1.11. The molecule has 150 valence electrons. The topological polar surface area (TPSA) is 66.5 Å². The second-order valence-corrected chi connectivity index (χ2v) is 8.83. The Morgan fingerprint density at radius 2 is 1.48 bits per heavy atom. The van der Waals surface area contributed by atoms with Crippen LogP contribution in [0, 0.1) is 6.92 Å². The largest absolute Gasteiger partial charge is 0.324 e. The minimum Gasteiger partial charge on any atom is -0.324 e. The average molecular weight is 409 g/mol. The molecule has 0 bridgehead atoms. The van der Waals surface area contributed by atoms with Gasteiger partial charge >= 0.3 is 0 Å². The Hall–Kier alpha value is -3.12. The predicted octanol–water partition coefficient (Wildman–Crippen LogP) is 4.46. The highest BCUT2D eigenvalue weighted by molar-refractivity contribution is 7.92. The number of hydrogen-bond acceptors (Lipinski definition) is 3. The molecule has 0 heterocycles. The maximum atomic E-state index is 13.0. The van der Waals surface area contributed by atoms with E-state index >= 15 is 0 Å². The summed E-state index contributed by atoms with van der Waals surface area (Å²) in [7, 11) is -3.66. The molecule has 6 heteroatoms. The van der Waals surface area contributed by atoms with Crippen molar-refractivity contribution in [2.75, 3.05) is 15.9 Å². The van der Waals surface area contributed by atoms with Crippen LogP contribution in [0.2, 0.25) is 0 Å². The van der Waals surface area contributed by atoms with Gasteiger partial charge in [-0.15, -0.1) is 0 Å². The van der Waals surface area contributed by atoms with E-state index in [0.717, 1.165) is 27.3 Å². The van der Waals surface area contributed by atoms with Crippen molar-refractivity contribution in [2.24, 2.45) is 0 Å². The monoisotopic (exact) mass is 408 g/mol. The summed E-state index contributed by atoms with van der Waals surface area (Å²) in [5.74, 6) is -0.403. The van der Waals surface area contributed by atoms with Gasteiger partial charge in [-0.25, -0.2) is 8.42 Å². The minimum atomic E-state index is -3.66. The van der Waals surface area contributed by atoms with Crippen molar-refractivity contribution in [1.29, 1.82) is 0 Å². The first-order valence-corrected chi connectivity index (χ1v) is 11.1. The molecule has 0 aliphatic carbocycles. The molecule has 1 amide bonds. The SMILES string of the molecule is Cc1ccc(N([C@@H](C)C(=O)Nc2ccccc2-c2ccccc2)S(C)(=O)=O)cc1. The molecule has 0 aliphatic rings. The molecule has 0 spiro atoms. The summed E-state index contributed by atoms with van der Waals surface area (Å²) < 4.78 is 26.0. The fraction of sp³-hybridized carbons (Fsp3) is 0.174. The Bertz CT molecular complexity index is 1090. The number of rotatable bonds is 6.